The molecule has 0 aromatic heterocycles. The highest BCUT2D eigenvalue weighted by Crippen LogP contribution is 2.72. The van der Waals surface area contributed by atoms with Crippen LogP contribution < -0.4 is 0 Å². The van der Waals surface area contributed by atoms with Gasteiger partial charge in [0.15, 0.2) is 0 Å². The van der Waals surface area contributed by atoms with Gasteiger partial charge in [-0.15, -0.1) is 6.58 Å². The van der Waals surface area contributed by atoms with Crippen LogP contribution in [0.3, 0.4) is 0 Å². The molecule has 0 N–H and O–H groups in total. The van der Waals surface area contributed by atoms with Crippen molar-refractivity contribution in [1.82, 2.24) is 0 Å². The van der Waals surface area contributed by atoms with Crippen LogP contribution in [0, 0.1) is 34.0 Å². The lowest BCUT2D eigenvalue weighted by Gasteiger charge is -2.59. The zero-order valence-corrected chi connectivity index (χ0v) is 17.8. The van der Waals surface area contributed by atoms with Crippen molar-refractivity contribution in [2.24, 2.45) is 34.0 Å². The largest absolute Gasteiger partial charge is 0.103 e. The zero-order chi connectivity index (χ0) is 19.4. The van der Waals surface area contributed by atoms with Gasteiger partial charge in [0.25, 0.3) is 0 Å². The quantitative estimate of drug-likeness (QED) is 0.430. The Labute approximate surface area is 174 Å². The molecule has 0 heteroatoms. The fraction of sp³-hybridized carbons (Fsp3) is 0.643. The van der Waals surface area contributed by atoms with E-state index in [1.165, 1.54) is 56.1 Å². The molecule has 6 atom stereocenters. The van der Waals surface area contributed by atoms with Gasteiger partial charge in [0.2, 0.25) is 0 Å². The third-order valence-corrected chi connectivity index (χ3v) is 9.69. The Balaban J connectivity index is 0.00000225. The van der Waals surface area contributed by atoms with Gasteiger partial charge >= 0.3 is 0 Å². The molecule has 0 bridgehead atoms. The lowest BCUT2D eigenvalue weighted by molar-refractivity contribution is -0.0576. The topological polar surface area (TPSA) is 0 Å². The second-order valence-corrected chi connectivity index (χ2v) is 10.3. The van der Waals surface area contributed by atoms with Crippen LogP contribution in [0.1, 0.15) is 79.6 Å². The molecule has 0 nitrogen and oxygen atoms in total. The third-order valence-electron chi connectivity index (χ3n) is 9.69. The Morgan fingerprint density at radius 3 is 2.57 bits per heavy atom. The van der Waals surface area contributed by atoms with Gasteiger partial charge in [-0.25, -0.2) is 0 Å². The highest BCUT2D eigenvalue weighted by molar-refractivity contribution is 5.43. The minimum Gasteiger partial charge on any atom is -0.103 e. The molecule has 154 valence electrons. The molecule has 3 fully saturated rings. The first-order chi connectivity index (χ1) is 12.8. The highest BCUT2D eigenvalue weighted by atomic mass is 14.7. The van der Waals surface area contributed by atoms with Gasteiger partial charge in [-0.2, -0.15) is 0 Å². The fourth-order valence-corrected chi connectivity index (χ4v) is 8.19. The molecule has 0 aromatic rings. The van der Waals surface area contributed by atoms with Crippen molar-refractivity contribution < 1.29 is 0 Å². The van der Waals surface area contributed by atoms with Crippen LogP contribution in [0.25, 0.3) is 0 Å². The standard InChI is InChI=1S/C27H38.CH4/c1-7-9-20(4)27(8-2)17-14-24-22-11-10-21-18-19(3)12-15-25(21,5)23(22)13-16-26(24,27)6;/h7,12,15,18,22-24H,1,3-4,8-11,13-14,16-17H2,2,5-6H3;1H4. The fourth-order valence-electron chi connectivity index (χ4n) is 8.19. The smallest absolute Gasteiger partial charge is 0.0100 e. The number of hydrogen-bond acceptors (Lipinski definition) is 0. The Hall–Kier alpha value is -1.30. The maximum atomic E-state index is 4.60. The average molecular weight is 379 g/mol. The van der Waals surface area contributed by atoms with Crippen molar-refractivity contribution in [1.29, 1.82) is 0 Å². The van der Waals surface area contributed by atoms with Crippen LogP contribution in [-0.2, 0) is 0 Å². The number of allylic oxidation sites excluding steroid dienone is 7. The predicted molar refractivity (Wildman–Crippen MR) is 124 cm³/mol. The van der Waals surface area contributed by atoms with Crippen LogP contribution in [0.2, 0.25) is 0 Å². The molecule has 4 aliphatic rings. The molecule has 4 aliphatic carbocycles. The van der Waals surface area contributed by atoms with Gasteiger partial charge in [-0.3, -0.25) is 0 Å². The SMILES string of the molecule is C.C=CCC(=C)C1(CC)CCC2C3CCC4=CC(=C)C=CC4(C)C3CCC21C. The molecular formula is C28H42. The van der Waals surface area contributed by atoms with E-state index in [4.69, 9.17) is 0 Å². The summed E-state index contributed by atoms with van der Waals surface area (Å²) >= 11 is 0. The molecule has 0 saturated heterocycles. The van der Waals surface area contributed by atoms with Crippen LogP contribution in [0.5, 0.6) is 0 Å². The molecule has 0 spiro atoms. The van der Waals surface area contributed by atoms with E-state index in [9.17, 15) is 0 Å². The zero-order valence-electron chi connectivity index (χ0n) is 17.8. The van der Waals surface area contributed by atoms with Crippen molar-refractivity contribution in [2.45, 2.75) is 79.6 Å². The van der Waals surface area contributed by atoms with Crippen LogP contribution in [0.15, 0.2) is 60.8 Å². The Morgan fingerprint density at radius 2 is 1.89 bits per heavy atom. The summed E-state index contributed by atoms with van der Waals surface area (Å²) in [4.78, 5) is 0. The molecular weight excluding hydrogens is 336 g/mol. The maximum absolute atomic E-state index is 4.60. The molecule has 28 heavy (non-hydrogen) atoms. The van der Waals surface area contributed by atoms with Crippen LogP contribution in [0.4, 0.5) is 0 Å². The van der Waals surface area contributed by atoms with E-state index in [0.717, 1.165) is 24.2 Å². The van der Waals surface area contributed by atoms with E-state index in [-0.39, 0.29) is 12.8 Å². The molecule has 6 unspecified atom stereocenters. The molecule has 3 saturated carbocycles. The van der Waals surface area contributed by atoms with E-state index >= 15 is 0 Å². The van der Waals surface area contributed by atoms with Crippen molar-refractivity contribution in [3.05, 3.63) is 60.8 Å². The Morgan fingerprint density at radius 1 is 1.18 bits per heavy atom. The summed E-state index contributed by atoms with van der Waals surface area (Å²) < 4.78 is 0. The number of fused-ring (bicyclic) bond motifs is 5. The van der Waals surface area contributed by atoms with Gasteiger partial charge in [0.1, 0.15) is 0 Å². The minimum atomic E-state index is 0. The lowest BCUT2D eigenvalue weighted by atomic mass is 9.45. The van der Waals surface area contributed by atoms with Crippen LogP contribution in [-0.4, -0.2) is 0 Å². The first kappa shape index (κ1) is 21.4. The summed E-state index contributed by atoms with van der Waals surface area (Å²) in [7, 11) is 0. The monoisotopic (exact) mass is 378 g/mol. The Kier molecular flexibility index (Phi) is 5.50. The molecule has 0 aromatic carbocycles. The lowest BCUT2D eigenvalue weighted by Crippen LogP contribution is -2.52. The first-order valence-corrected chi connectivity index (χ1v) is 11.2. The summed E-state index contributed by atoms with van der Waals surface area (Å²) in [6.07, 6.45) is 19.6. The van der Waals surface area contributed by atoms with Crippen LogP contribution >= 0.6 is 0 Å². The predicted octanol–water partition coefficient (Wildman–Crippen LogP) is 8.45. The third kappa shape index (κ3) is 2.62. The minimum absolute atomic E-state index is 0. The van der Waals surface area contributed by atoms with E-state index in [0.29, 0.717) is 10.8 Å². The average Bonchev–Trinajstić information content (AvgIpc) is 2.96. The summed E-state index contributed by atoms with van der Waals surface area (Å²) in [5, 5.41) is 0. The van der Waals surface area contributed by atoms with Gasteiger partial charge in [-0.05, 0) is 85.5 Å². The van der Waals surface area contributed by atoms with E-state index in [2.05, 4.69) is 64.8 Å². The maximum Gasteiger partial charge on any atom is 0.0100 e. The Bertz CT molecular complexity index is 733. The second-order valence-electron chi connectivity index (χ2n) is 10.3. The summed E-state index contributed by atoms with van der Waals surface area (Å²) in [6, 6.07) is 0. The van der Waals surface area contributed by atoms with Crippen molar-refractivity contribution in [3.8, 4) is 0 Å². The first-order valence-electron chi connectivity index (χ1n) is 11.2. The molecule has 0 amide bonds. The van der Waals surface area contributed by atoms with Gasteiger partial charge in [0, 0.05) is 5.41 Å². The van der Waals surface area contributed by atoms with Gasteiger partial charge < -0.3 is 0 Å². The summed E-state index contributed by atoms with van der Waals surface area (Å²) in [5.74, 6) is 2.53. The molecule has 0 heterocycles. The molecule has 4 rings (SSSR count). The van der Waals surface area contributed by atoms with E-state index in [1.807, 2.05) is 0 Å². The van der Waals surface area contributed by atoms with Gasteiger partial charge in [0.05, 0.1) is 0 Å². The summed E-state index contributed by atoms with van der Waals surface area (Å²) in [5.41, 5.74) is 5.30. The van der Waals surface area contributed by atoms with E-state index < -0.39 is 0 Å². The number of hydrogen-bond donors (Lipinski definition) is 0. The van der Waals surface area contributed by atoms with Crippen molar-refractivity contribution in [2.75, 3.05) is 0 Å². The second kappa shape index (κ2) is 7.19. The molecule has 0 aliphatic heterocycles. The highest BCUT2D eigenvalue weighted by Gasteiger charge is 2.63. The van der Waals surface area contributed by atoms with Gasteiger partial charge in [-0.1, -0.05) is 76.8 Å². The molecule has 0 radical (unpaired) electrons. The summed E-state index contributed by atoms with van der Waals surface area (Å²) in [6.45, 7) is 20.3. The van der Waals surface area contributed by atoms with Crippen molar-refractivity contribution >= 4 is 0 Å². The van der Waals surface area contributed by atoms with Crippen molar-refractivity contribution in [3.63, 3.8) is 0 Å². The normalized spacial score (nSPS) is 43.9. The number of rotatable bonds is 4. The van der Waals surface area contributed by atoms with E-state index in [1.54, 1.807) is 5.57 Å².